The van der Waals surface area contributed by atoms with Crippen molar-refractivity contribution in [1.82, 2.24) is 4.31 Å². The van der Waals surface area contributed by atoms with Gasteiger partial charge in [0, 0.05) is 13.1 Å². The Morgan fingerprint density at radius 3 is 2.37 bits per heavy atom. The van der Waals surface area contributed by atoms with E-state index in [9.17, 15) is 8.42 Å². The molecule has 5 heteroatoms. The van der Waals surface area contributed by atoms with Crippen molar-refractivity contribution in [3.63, 3.8) is 0 Å². The first kappa shape index (κ1) is 15.7. The maximum absolute atomic E-state index is 12.2. The molecule has 104 valence electrons. The Morgan fingerprint density at radius 2 is 1.84 bits per heavy atom. The van der Waals surface area contributed by atoms with Crippen LogP contribution in [0, 0.1) is 11.3 Å². The minimum Gasteiger partial charge on any atom is -0.212 e. The van der Waals surface area contributed by atoms with Crippen LogP contribution in [0.1, 0.15) is 31.7 Å². The number of nitrogens with zero attached hydrogens (tertiary/aromatic N) is 2. The van der Waals surface area contributed by atoms with Crippen LogP contribution in [0.3, 0.4) is 0 Å². The van der Waals surface area contributed by atoms with Crippen molar-refractivity contribution in [3.8, 4) is 6.07 Å². The summed E-state index contributed by atoms with van der Waals surface area (Å²) >= 11 is 0. The van der Waals surface area contributed by atoms with Gasteiger partial charge in [0.2, 0.25) is 10.0 Å². The molecule has 0 heterocycles. The first-order chi connectivity index (χ1) is 8.88. The maximum atomic E-state index is 12.2. The topological polar surface area (TPSA) is 61.2 Å². The summed E-state index contributed by atoms with van der Waals surface area (Å²) in [6.07, 6.45) is 0.204. The number of sulfonamides is 1. The molecule has 0 spiro atoms. The summed E-state index contributed by atoms with van der Waals surface area (Å²) in [5, 5.41) is 8.64. The van der Waals surface area contributed by atoms with Crippen LogP contribution in [0.25, 0.3) is 0 Å². The fraction of sp³-hybridized carbons (Fsp3) is 0.500. The zero-order valence-electron chi connectivity index (χ0n) is 11.6. The lowest BCUT2D eigenvalue weighted by molar-refractivity contribution is 0.391. The predicted octanol–water partition coefficient (Wildman–Crippen LogP) is 2.35. The van der Waals surface area contributed by atoms with E-state index in [1.165, 1.54) is 11.4 Å². The first-order valence-corrected chi connectivity index (χ1v) is 7.87. The molecule has 0 aliphatic heterocycles. The summed E-state index contributed by atoms with van der Waals surface area (Å²) in [4.78, 5) is 0. The van der Waals surface area contributed by atoms with E-state index in [-0.39, 0.29) is 24.1 Å². The smallest absolute Gasteiger partial charge is 0.212 e. The van der Waals surface area contributed by atoms with Gasteiger partial charge in [0.05, 0.1) is 18.2 Å². The molecule has 0 aliphatic carbocycles. The maximum Gasteiger partial charge on any atom is 0.214 e. The van der Waals surface area contributed by atoms with Crippen LogP contribution in [0.15, 0.2) is 30.3 Å². The first-order valence-electron chi connectivity index (χ1n) is 6.26. The van der Waals surface area contributed by atoms with Gasteiger partial charge in [0.25, 0.3) is 0 Å². The van der Waals surface area contributed by atoms with Gasteiger partial charge in [0.15, 0.2) is 0 Å². The average Bonchev–Trinajstić information content (AvgIpc) is 2.38. The standard InChI is InChI=1S/C14H20N2O2S/c1-12(14-7-5-4-6-8-14)11-19(17,18)16(3)13(2)9-10-15/h4-8,12-13H,9,11H2,1-3H3/t12-,13+/m1/s1. The van der Waals surface area contributed by atoms with Gasteiger partial charge in [-0.2, -0.15) is 5.26 Å². The highest BCUT2D eigenvalue weighted by Crippen LogP contribution is 2.19. The van der Waals surface area contributed by atoms with Gasteiger partial charge in [-0.25, -0.2) is 12.7 Å². The molecule has 0 fully saturated rings. The molecule has 0 bridgehead atoms. The number of nitriles is 1. The molecule has 0 amide bonds. The lowest BCUT2D eigenvalue weighted by atomic mass is 10.0. The fourth-order valence-corrected chi connectivity index (χ4v) is 3.53. The van der Waals surface area contributed by atoms with Crippen molar-refractivity contribution in [2.45, 2.75) is 32.2 Å². The minimum absolute atomic E-state index is 0.0588. The molecule has 0 saturated heterocycles. The zero-order chi connectivity index (χ0) is 14.5. The van der Waals surface area contributed by atoms with Gasteiger partial charge in [-0.05, 0) is 18.4 Å². The van der Waals surface area contributed by atoms with E-state index in [1.54, 1.807) is 6.92 Å². The van der Waals surface area contributed by atoms with Crippen molar-refractivity contribution >= 4 is 10.0 Å². The lowest BCUT2D eigenvalue weighted by Gasteiger charge is -2.24. The summed E-state index contributed by atoms with van der Waals surface area (Å²) in [5.41, 5.74) is 1.01. The third-order valence-corrected chi connectivity index (χ3v) is 5.43. The number of rotatable bonds is 6. The van der Waals surface area contributed by atoms with Crippen LogP contribution in [0.5, 0.6) is 0 Å². The SMILES string of the molecule is C[C@H](CS(=O)(=O)N(C)[C@@H](C)CC#N)c1ccccc1. The molecule has 0 unspecified atom stereocenters. The average molecular weight is 280 g/mol. The van der Waals surface area contributed by atoms with E-state index in [4.69, 9.17) is 5.26 Å². The lowest BCUT2D eigenvalue weighted by Crippen LogP contribution is -2.37. The van der Waals surface area contributed by atoms with Crippen molar-refractivity contribution in [2.75, 3.05) is 12.8 Å². The highest BCUT2D eigenvalue weighted by atomic mass is 32.2. The van der Waals surface area contributed by atoms with E-state index >= 15 is 0 Å². The van der Waals surface area contributed by atoms with Crippen LogP contribution in [-0.2, 0) is 10.0 Å². The van der Waals surface area contributed by atoms with Gasteiger partial charge >= 0.3 is 0 Å². The van der Waals surface area contributed by atoms with Crippen molar-refractivity contribution in [3.05, 3.63) is 35.9 Å². The number of benzene rings is 1. The van der Waals surface area contributed by atoms with E-state index in [0.717, 1.165) is 5.56 Å². The third-order valence-electron chi connectivity index (χ3n) is 3.28. The highest BCUT2D eigenvalue weighted by Gasteiger charge is 2.25. The Morgan fingerprint density at radius 1 is 1.26 bits per heavy atom. The van der Waals surface area contributed by atoms with Crippen molar-refractivity contribution in [1.29, 1.82) is 5.26 Å². The predicted molar refractivity (Wildman–Crippen MR) is 76.1 cm³/mol. The molecular formula is C14H20N2O2S. The molecule has 1 aromatic carbocycles. The zero-order valence-corrected chi connectivity index (χ0v) is 12.4. The van der Waals surface area contributed by atoms with Crippen LogP contribution < -0.4 is 0 Å². The molecule has 2 atom stereocenters. The highest BCUT2D eigenvalue weighted by molar-refractivity contribution is 7.89. The van der Waals surface area contributed by atoms with E-state index < -0.39 is 10.0 Å². The number of hydrogen-bond donors (Lipinski definition) is 0. The second kappa shape index (κ2) is 6.69. The molecular weight excluding hydrogens is 260 g/mol. The fourth-order valence-electron chi connectivity index (χ4n) is 1.85. The van der Waals surface area contributed by atoms with Crippen LogP contribution in [0.2, 0.25) is 0 Å². The Bertz CT molecular complexity index is 534. The largest absolute Gasteiger partial charge is 0.214 e. The Balaban J connectivity index is 2.78. The van der Waals surface area contributed by atoms with E-state index in [0.29, 0.717) is 0 Å². The minimum atomic E-state index is -3.35. The molecule has 0 N–H and O–H groups in total. The van der Waals surface area contributed by atoms with Gasteiger partial charge in [-0.15, -0.1) is 0 Å². The Kier molecular flexibility index (Phi) is 5.52. The van der Waals surface area contributed by atoms with E-state index in [1.807, 2.05) is 43.3 Å². The summed E-state index contributed by atoms with van der Waals surface area (Å²) in [7, 11) is -1.81. The second-order valence-corrected chi connectivity index (χ2v) is 6.89. The van der Waals surface area contributed by atoms with Crippen molar-refractivity contribution < 1.29 is 8.42 Å². The molecule has 0 aromatic heterocycles. The summed E-state index contributed by atoms with van der Waals surface area (Å²) in [6, 6.07) is 11.3. The quantitative estimate of drug-likeness (QED) is 0.803. The Hall–Kier alpha value is -1.38. The van der Waals surface area contributed by atoms with Crippen molar-refractivity contribution in [2.24, 2.45) is 0 Å². The summed E-state index contributed by atoms with van der Waals surface area (Å²) in [5.74, 6) is -0.00791. The van der Waals surface area contributed by atoms with Crippen LogP contribution in [-0.4, -0.2) is 31.6 Å². The monoisotopic (exact) mass is 280 g/mol. The molecule has 19 heavy (non-hydrogen) atoms. The molecule has 0 saturated carbocycles. The summed E-state index contributed by atoms with van der Waals surface area (Å²) in [6.45, 7) is 3.64. The molecule has 1 rings (SSSR count). The summed E-state index contributed by atoms with van der Waals surface area (Å²) < 4.78 is 25.8. The molecule has 0 aliphatic rings. The van der Waals surface area contributed by atoms with Gasteiger partial charge in [-0.3, -0.25) is 0 Å². The molecule has 0 radical (unpaired) electrons. The van der Waals surface area contributed by atoms with E-state index in [2.05, 4.69) is 0 Å². The van der Waals surface area contributed by atoms with Crippen LogP contribution >= 0.6 is 0 Å². The van der Waals surface area contributed by atoms with Crippen LogP contribution in [0.4, 0.5) is 0 Å². The third kappa shape index (κ3) is 4.34. The van der Waals surface area contributed by atoms with Gasteiger partial charge < -0.3 is 0 Å². The Labute approximate surface area is 115 Å². The second-order valence-electron chi connectivity index (χ2n) is 4.82. The normalized spacial score (nSPS) is 14.9. The molecule has 1 aromatic rings. The molecule has 4 nitrogen and oxygen atoms in total. The van der Waals surface area contributed by atoms with Gasteiger partial charge in [-0.1, -0.05) is 37.3 Å². The van der Waals surface area contributed by atoms with Gasteiger partial charge in [0.1, 0.15) is 0 Å². The number of hydrogen-bond acceptors (Lipinski definition) is 3.